The third-order valence-electron chi connectivity index (χ3n) is 5.05. The Kier molecular flexibility index (Phi) is 6.04. The molecule has 1 aromatic carbocycles. The van der Waals surface area contributed by atoms with Gasteiger partial charge in [-0.1, -0.05) is 12.1 Å². The molecule has 0 unspecified atom stereocenters. The Hall–Kier alpha value is -1.92. The van der Waals surface area contributed by atoms with Crippen LogP contribution in [-0.4, -0.2) is 60.9 Å². The molecule has 0 bridgehead atoms. The monoisotopic (exact) mass is 347 g/mol. The molecule has 1 N–H and O–H groups in total. The molecule has 25 heavy (non-hydrogen) atoms. The Balaban J connectivity index is 1.72. The Bertz CT molecular complexity index is 588. The van der Waals surface area contributed by atoms with Gasteiger partial charge in [-0.15, -0.1) is 0 Å². The number of carboxylic acid groups (broad SMARTS) is 1. The number of hydrogen-bond donors (Lipinski definition) is 1. The lowest BCUT2D eigenvalue weighted by Gasteiger charge is -2.33. The van der Waals surface area contributed by atoms with Crippen LogP contribution in [0.4, 0.5) is 0 Å². The van der Waals surface area contributed by atoms with Gasteiger partial charge in [-0.25, -0.2) is 0 Å². The summed E-state index contributed by atoms with van der Waals surface area (Å²) in [6.07, 6.45) is 3.36. The number of rotatable bonds is 5. The number of amides is 1. The van der Waals surface area contributed by atoms with E-state index in [0.717, 1.165) is 26.1 Å². The molecule has 3 rings (SSSR count). The van der Waals surface area contributed by atoms with E-state index in [4.69, 9.17) is 9.47 Å². The summed E-state index contributed by atoms with van der Waals surface area (Å²) in [5.41, 5.74) is 1.76. The largest absolute Gasteiger partial charge is 0.480 e. The summed E-state index contributed by atoms with van der Waals surface area (Å²) in [6, 6.07) is 7.55. The molecule has 2 aliphatic rings. The van der Waals surface area contributed by atoms with Crippen LogP contribution in [0.1, 0.15) is 47.5 Å². The number of benzene rings is 1. The van der Waals surface area contributed by atoms with Crippen molar-refractivity contribution in [1.29, 1.82) is 0 Å². The van der Waals surface area contributed by atoms with Crippen molar-refractivity contribution in [2.24, 2.45) is 0 Å². The standard InChI is InChI=1S/C19H25NO5/c21-18(22)13-20(17-7-11-25-12-8-17)19(23)16-3-1-14(2-4-16)15-5-9-24-10-6-15/h1-4,15,17H,5-13H2,(H,21,22). The van der Waals surface area contributed by atoms with Gasteiger partial charge in [0.2, 0.25) is 0 Å². The third kappa shape index (κ3) is 4.58. The first-order chi connectivity index (χ1) is 12.1. The topological polar surface area (TPSA) is 76.1 Å². The van der Waals surface area contributed by atoms with E-state index in [-0.39, 0.29) is 18.5 Å². The fraction of sp³-hybridized carbons (Fsp3) is 0.579. The van der Waals surface area contributed by atoms with Gasteiger partial charge in [-0.3, -0.25) is 9.59 Å². The number of carboxylic acids is 1. The Morgan fingerprint density at radius 1 is 0.960 bits per heavy atom. The van der Waals surface area contributed by atoms with E-state index in [1.165, 1.54) is 10.5 Å². The maximum Gasteiger partial charge on any atom is 0.323 e. The van der Waals surface area contributed by atoms with Crippen molar-refractivity contribution >= 4 is 11.9 Å². The lowest BCUT2D eigenvalue weighted by atomic mass is 9.91. The zero-order valence-electron chi connectivity index (χ0n) is 14.4. The minimum atomic E-state index is -0.987. The third-order valence-corrected chi connectivity index (χ3v) is 5.05. The van der Waals surface area contributed by atoms with Crippen LogP contribution < -0.4 is 0 Å². The molecule has 2 fully saturated rings. The van der Waals surface area contributed by atoms with Gasteiger partial charge in [-0.2, -0.15) is 0 Å². The summed E-state index contributed by atoms with van der Waals surface area (Å²) in [6.45, 7) is 2.42. The average molecular weight is 347 g/mol. The number of carbonyl (C=O) groups excluding carboxylic acids is 1. The van der Waals surface area contributed by atoms with E-state index in [0.29, 0.717) is 37.5 Å². The predicted molar refractivity (Wildman–Crippen MR) is 91.7 cm³/mol. The van der Waals surface area contributed by atoms with Gasteiger partial charge in [0.25, 0.3) is 5.91 Å². The number of hydrogen-bond acceptors (Lipinski definition) is 4. The molecule has 2 aliphatic heterocycles. The Labute approximate surface area is 147 Å². The normalized spacial score (nSPS) is 19.5. The number of aliphatic carboxylic acids is 1. The van der Waals surface area contributed by atoms with Crippen molar-refractivity contribution < 1.29 is 24.2 Å². The van der Waals surface area contributed by atoms with E-state index >= 15 is 0 Å². The van der Waals surface area contributed by atoms with Gasteiger partial charge in [0.15, 0.2) is 0 Å². The van der Waals surface area contributed by atoms with Crippen LogP contribution in [0.2, 0.25) is 0 Å². The smallest absolute Gasteiger partial charge is 0.323 e. The van der Waals surface area contributed by atoms with Gasteiger partial charge < -0.3 is 19.5 Å². The Morgan fingerprint density at radius 2 is 1.52 bits per heavy atom. The molecule has 6 heteroatoms. The van der Waals surface area contributed by atoms with E-state index < -0.39 is 5.97 Å². The highest BCUT2D eigenvalue weighted by molar-refractivity contribution is 5.96. The van der Waals surface area contributed by atoms with Gasteiger partial charge in [0.1, 0.15) is 6.54 Å². The lowest BCUT2D eigenvalue weighted by Crippen LogP contribution is -2.46. The van der Waals surface area contributed by atoms with Crippen molar-refractivity contribution in [1.82, 2.24) is 4.90 Å². The molecule has 0 atom stereocenters. The second kappa shape index (κ2) is 8.45. The zero-order valence-corrected chi connectivity index (χ0v) is 14.4. The van der Waals surface area contributed by atoms with Crippen LogP contribution in [0.3, 0.4) is 0 Å². The highest BCUT2D eigenvalue weighted by atomic mass is 16.5. The summed E-state index contributed by atoms with van der Waals surface area (Å²) in [7, 11) is 0. The van der Waals surface area contributed by atoms with Crippen LogP contribution in [0.5, 0.6) is 0 Å². The van der Waals surface area contributed by atoms with Crippen molar-refractivity contribution in [3.63, 3.8) is 0 Å². The number of ether oxygens (including phenoxy) is 2. The fourth-order valence-corrected chi connectivity index (χ4v) is 3.60. The summed E-state index contributed by atoms with van der Waals surface area (Å²) in [5.74, 6) is -0.727. The SMILES string of the molecule is O=C(O)CN(C(=O)c1ccc(C2CCOCC2)cc1)C1CCOCC1. The van der Waals surface area contributed by atoms with Crippen molar-refractivity contribution in [2.45, 2.75) is 37.6 Å². The summed E-state index contributed by atoms with van der Waals surface area (Å²) >= 11 is 0. The maximum atomic E-state index is 12.9. The molecule has 2 heterocycles. The molecular formula is C19H25NO5. The van der Waals surface area contributed by atoms with E-state index in [9.17, 15) is 14.7 Å². The highest BCUT2D eigenvalue weighted by Gasteiger charge is 2.28. The van der Waals surface area contributed by atoms with E-state index in [1.807, 2.05) is 24.3 Å². The van der Waals surface area contributed by atoms with Crippen molar-refractivity contribution in [2.75, 3.05) is 33.0 Å². The molecule has 0 spiro atoms. The van der Waals surface area contributed by atoms with E-state index in [1.54, 1.807) is 0 Å². The van der Waals surface area contributed by atoms with Gasteiger partial charge in [-0.05, 0) is 49.3 Å². The molecule has 0 aliphatic carbocycles. The minimum absolute atomic E-state index is 0.0764. The predicted octanol–water partition coefficient (Wildman–Crippen LogP) is 2.29. The van der Waals surface area contributed by atoms with Crippen molar-refractivity contribution in [3.8, 4) is 0 Å². The van der Waals surface area contributed by atoms with Crippen LogP contribution in [0.15, 0.2) is 24.3 Å². The van der Waals surface area contributed by atoms with Crippen LogP contribution in [0.25, 0.3) is 0 Å². The van der Waals surface area contributed by atoms with Crippen LogP contribution in [-0.2, 0) is 14.3 Å². The molecule has 0 saturated carbocycles. The second-order valence-corrected chi connectivity index (χ2v) is 6.68. The highest BCUT2D eigenvalue weighted by Crippen LogP contribution is 2.27. The maximum absolute atomic E-state index is 12.9. The molecule has 1 amide bonds. The van der Waals surface area contributed by atoms with Crippen LogP contribution >= 0.6 is 0 Å². The first-order valence-corrected chi connectivity index (χ1v) is 8.93. The average Bonchev–Trinajstić information content (AvgIpc) is 2.67. The van der Waals surface area contributed by atoms with Gasteiger partial charge >= 0.3 is 5.97 Å². The quantitative estimate of drug-likeness (QED) is 0.884. The lowest BCUT2D eigenvalue weighted by molar-refractivity contribution is -0.138. The minimum Gasteiger partial charge on any atom is -0.480 e. The molecule has 0 aromatic heterocycles. The van der Waals surface area contributed by atoms with Gasteiger partial charge in [0.05, 0.1) is 0 Å². The zero-order chi connectivity index (χ0) is 17.6. The number of carbonyl (C=O) groups is 2. The first-order valence-electron chi connectivity index (χ1n) is 8.93. The fourth-order valence-electron chi connectivity index (χ4n) is 3.60. The summed E-state index contributed by atoms with van der Waals surface area (Å²) in [4.78, 5) is 25.6. The Morgan fingerprint density at radius 3 is 2.08 bits per heavy atom. The number of nitrogens with zero attached hydrogens (tertiary/aromatic N) is 1. The summed E-state index contributed by atoms with van der Waals surface area (Å²) in [5, 5.41) is 9.19. The molecule has 1 aromatic rings. The molecule has 0 radical (unpaired) electrons. The molecular weight excluding hydrogens is 322 g/mol. The van der Waals surface area contributed by atoms with Gasteiger partial charge in [0, 0.05) is 38.0 Å². The van der Waals surface area contributed by atoms with E-state index in [2.05, 4.69) is 0 Å². The van der Waals surface area contributed by atoms with Crippen LogP contribution in [0, 0.1) is 0 Å². The van der Waals surface area contributed by atoms with Crippen molar-refractivity contribution in [3.05, 3.63) is 35.4 Å². The first kappa shape index (κ1) is 17.9. The summed E-state index contributed by atoms with van der Waals surface area (Å²) < 4.78 is 10.7. The molecule has 6 nitrogen and oxygen atoms in total. The second-order valence-electron chi connectivity index (χ2n) is 6.68. The molecule has 2 saturated heterocycles. The molecule has 136 valence electrons.